The Morgan fingerprint density at radius 2 is 1.85 bits per heavy atom. The van der Waals surface area contributed by atoms with Crippen molar-refractivity contribution >= 4 is 34.5 Å². The van der Waals surface area contributed by atoms with Crippen molar-refractivity contribution in [1.82, 2.24) is 20.3 Å². The lowest BCUT2D eigenvalue weighted by molar-refractivity contribution is 0.0635. The topological polar surface area (TPSA) is 121 Å². The van der Waals surface area contributed by atoms with Crippen LogP contribution in [0.2, 0.25) is 0 Å². The van der Waals surface area contributed by atoms with E-state index in [9.17, 15) is 9.59 Å². The molecule has 9 heteroatoms. The zero-order chi connectivity index (χ0) is 29.2. The van der Waals surface area contributed by atoms with Gasteiger partial charge in [0.05, 0.1) is 5.69 Å². The summed E-state index contributed by atoms with van der Waals surface area (Å²) >= 11 is 0. The molecule has 1 fully saturated rings. The van der Waals surface area contributed by atoms with E-state index in [0.717, 1.165) is 53.4 Å². The maximum atomic E-state index is 13.2. The van der Waals surface area contributed by atoms with Crippen LogP contribution in [0.4, 0.5) is 16.4 Å². The number of para-hydroxylation sites is 1. The first-order valence-corrected chi connectivity index (χ1v) is 14.1. The van der Waals surface area contributed by atoms with Gasteiger partial charge in [0, 0.05) is 51.7 Å². The van der Waals surface area contributed by atoms with Gasteiger partial charge >= 0.3 is 6.09 Å². The number of hydrogen-bond donors (Lipinski definition) is 4. The van der Waals surface area contributed by atoms with Crippen molar-refractivity contribution in [2.75, 3.05) is 10.6 Å². The summed E-state index contributed by atoms with van der Waals surface area (Å²) in [4.78, 5) is 38.0. The summed E-state index contributed by atoms with van der Waals surface area (Å²) in [6, 6.07) is 15.1. The Balaban J connectivity index is 1.22. The minimum Gasteiger partial charge on any atom is -0.444 e. The second-order valence-corrected chi connectivity index (χ2v) is 12.1. The molecule has 0 spiro atoms. The molecule has 0 saturated heterocycles. The van der Waals surface area contributed by atoms with Crippen molar-refractivity contribution < 1.29 is 14.3 Å². The molecule has 2 atom stereocenters. The molecule has 9 nitrogen and oxygen atoms in total. The molecule has 2 unspecified atom stereocenters. The van der Waals surface area contributed by atoms with Crippen LogP contribution >= 0.6 is 0 Å². The van der Waals surface area contributed by atoms with Crippen molar-refractivity contribution in [3.8, 4) is 11.3 Å². The van der Waals surface area contributed by atoms with Gasteiger partial charge in [0.25, 0.3) is 5.91 Å². The van der Waals surface area contributed by atoms with Crippen LogP contribution in [0, 0.1) is 6.92 Å². The molecule has 4 N–H and O–H groups in total. The summed E-state index contributed by atoms with van der Waals surface area (Å²) < 4.78 is 5.29. The van der Waals surface area contributed by atoms with Gasteiger partial charge in [-0.3, -0.25) is 10.1 Å². The molecule has 1 aliphatic carbocycles. The van der Waals surface area contributed by atoms with Gasteiger partial charge in [-0.15, -0.1) is 0 Å². The van der Waals surface area contributed by atoms with Crippen LogP contribution in [-0.4, -0.2) is 44.1 Å². The molecule has 1 saturated carbocycles. The number of aromatic nitrogens is 3. The zero-order valence-electron chi connectivity index (χ0n) is 24.3. The fourth-order valence-corrected chi connectivity index (χ4v) is 5.43. The number of anilines is 2. The molecule has 2 aromatic heterocycles. The standard InChI is InChI=1S/C32H38N6O3/c1-20-18-34-29(37-27(20)25-19-33-26-11-7-6-10-24(25)26)35-23-9-8-16-32(5,17-23)38-28(39)21-12-14-22(15-13-21)36-30(40)41-31(2,3)4/h6-7,10-15,18-19,23,33H,8-9,16-17H2,1-5H3,(H,36,40)(H,38,39)(H,34,35,37). The molecule has 2 aromatic carbocycles. The molecule has 2 amide bonds. The van der Waals surface area contributed by atoms with Crippen molar-refractivity contribution in [3.05, 3.63) is 72.1 Å². The molecule has 214 valence electrons. The smallest absolute Gasteiger partial charge is 0.412 e. The van der Waals surface area contributed by atoms with Crippen LogP contribution in [0.3, 0.4) is 0 Å². The Bertz CT molecular complexity index is 1560. The fraction of sp³-hybridized carbons (Fsp3) is 0.375. The van der Waals surface area contributed by atoms with Crippen LogP contribution in [0.5, 0.6) is 0 Å². The average molecular weight is 555 g/mol. The minimum absolute atomic E-state index is 0.118. The maximum absolute atomic E-state index is 13.2. The SMILES string of the molecule is Cc1cnc(NC2CCCC(C)(NC(=O)c3ccc(NC(=O)OC(C)(C)C)cc3)C2)nc1-c1c[nH]c2ccccc12. The van der Waals surface area contributed by atoms with Gasteiger partial charge in [0.15, 0.2) is 0 Å². The predicted octanol–water partition coefficient (Wildman–Crippen LogP) is 6.82. The summed E-state index contributed by atoms with van der Waals surface area (Å²) in [5, 5.41) is 10.6. The number of carbonyl (C=O) groups excluding carboxylic acids is 2. The zero-order valence-corrected chi connectivity index (χ0v) is 24.3. The van der Waals surface area contributed by atoms with Gasteiger partial charge < -0.3 is 20.4 Å². The summed E-state index contributed by atoms with van der Waals surface area (Å²) in [5.74, 6) is 0.440. The van der Waals surface area contributed by atoms with Crippen molar-refractivity contribution in [3.63, 3.8) is 0 Å². The van der Waals surface area contributed by atoms with Crippen molar-refractivity contribution in [2.45, 2.75) is 77.5 Å². The lowest BCUT2D eigenvalue weighted by Gasteiger charge is -2.39. The molecule has 0 radical (unpaired) electrons. The van der Waals surface area contributed by atoms with E-state index in [1.54, 1.807) is 24.3 Å². The van der Waals surface area contributed by atoms with E-state index in [-0.39, 0.29) is 17.5 Å². The van der Waals surface area contributed by atoms with E-state index in [1.807, 2.05) is 52.2 Å². The summed E-state index contributed by atoms with van der Waals surface area (Å²) in [6.07, 6.45) is 6.88. The van der Waals surface area contributed by atoms with Gasteiger partial charge in [-0.05, 0) is 96.2 Å². The maximum Gasteiger partial charge on any atom is 0.412 e. The number of nitrogens with zero attached hydrogens (tertiary/aromatic N) is 2. The van der Waals surface area contributed by atoms with Gasteiger partial charge in [-0.2, -0.15) is 0 Å². The summed E-state index contributed by atoms with van der Waals surface area (Å²) in [7, 11) is 0. The number of aryl methyl sites for hydroxylation is 1. The number of H-pyrrole nitrogens is 1. The molecule has 0 bridgehead atoms. The number of hydrogen-bond acceptors (Lipinski definition) is 6. The number of fused-ring (bicyclic) bond motifs is 1. The van der Waals surface area contributed by atoms with Gasteiger partial charge in [0.1, 0.15) is 5.60 Å². The van der Waals surface area contributed by atoms with E-state index in [4.69, 9.17) is 9.72 Å². The van der Waals surface area contributed by atoms with E-state index >= 15 is 0 Å². The van der Waals surface area contributed by atoms with Crippen LogP contribution in [0.15, 0.2) is 60.9 Å². The van der Waals surface area contributed by atoms with E-state index in [2.05, 4.69) is 45.0 Å². The highest BCUT2D eigenvalue weighted by molar-refractivity contribution is 5.96. The van der Waals surface area contributed by atoms with Gasteiger partial charge in [0.2, 0.25) is 5.95 Å². The highest BCUT2D eigenvalue weighted by Gasteiger charge is 2.34. The van der Waals surface area contributed by atoms with Crippen LogP contribution in [0.1, 0.15) is 69.3 Å². The Kier molecular flexibility index (Phi) is 7.71. The number of amides is 2. The Morgan fingerprint density at radius 1 is 1.10 bits per heavy atom. The molecule has 5 rings (SSSR count). The Hall–Kier alpha value is -4.40. The lowest BCUT2D eigenvalue weighted by Crippen LogP contribution is -2.51. The molecular weight excluding hydrogens is 516 g/mol. The Morgan fingerprint density at radius 3 is 2.61 bits per heavy atom. The molecule has 4 aromatic rings. The fourth-order valence-electron chi connectivity index (χ4n) is 5.43. The summed E-state index contributed by atoms with van der Waals surface area (Å²) in [5.41, 5.74) is 4.15. The monoisotopic (exact) mass is 554 g/mol. The first-order chi connectivity index (χ1) is 19.5. The minimum atomic E-state index is -0.586. The number of ether oxygens (including phenoxy) is 1. The number of benzene rings is 2. The van der Waals surface area contributed by atoms with Crippen molar-refractivity contribution in [2.24, 2.45) is 0 Å². The third kappa shape index (κ3) is 6.85. The molecule has 0 aliphatic heterocycles. The average Bonchev–Trinajstić information content (AvgIpc) is 3.33. The van der Waals surface area contributed by atoms with Gasteiger partial charge in [-0.25, -0.2) is 14.8 Å². The predicted molar refractivity (Wildman–Crippen MR) is 162 cm³/mol. The summed E-state index contributed by atoms with van der Waals surface area (Å²) in [6.45, 7) is 9.53. The first-order valence-electron chi connectivity index (χ1n) is 14.1. The third-order valence-electron chi connectivity index (χ3n) is 7.34. The lowest BCUT2D eigenvalue weighted by atomic mass is 9.80. The van der Waals surface area contributed by atoms with E-state index < -0.39 is 11.7 Å². The second-order valence-electron chi connectivity index (χ2n) is 12.1. The number of aromatic amines is 1. The second kappa shape index (κ2) is 11.2. The van der Waals surface area contributed by atoms with Crippen LogP contribution < -0.4 is 16.0 Å². The quantitative estimate of drug-likeness (QED) is 0.207. The largest absolute Gasteiger partial charge is 0.444 e. The van der Waals surface area contributed by atoms with Crippen LogP contribution in [0.25, 0.3) is 22.2 Å². The van der Waals surface area contributed by atoms with Crippen LogP contribution in [-0.2, 0) is 4.74 Å². The first kappa shape index (κ1) is 28.1. The van der Waals surface area contributed by atoms with Gasteiger partial charge in [-0.1, -0.05) is 18.2 Å². The van der Waals surface area contributed by atoms with E-state index in [1.165, 1.54) is 0 Å². The number of nitrogens with one attached hydrogen (secondary N) is 4. The molecule has 41 heavy (non-hydrogen) atoms. The molecular formula is C32H38N6O3. The highest BCUT2D eigenvalue weighted by atomic mass is 16.6. The normalized spacial score (nSPS) is 19.0. The van der Waals surface area contributed by atoms with Crippen molar-refractivity contribution in [1.29, 1.82) is 0 Å². The van der Waals surface area contributed by atoms with E-state index in [0.29, 0.717) is 17.2 Å². The molecule has 1 aliphatic rings. The third-order valence-corrected chi connectivity index (χ3v) is 7.34. The number of rotatable bonds is 6. The highest BCUT2D eigenvalue weighted by Crippen LogP contribution is 2.32. The molecule has 2 heterocycles. The number of carbonyl (C=O) groups is 2. The Labute approximate surface area is 240 Å².